The molecular formula is C36H38O8S. The third kappa shape index (κ3) is 9.17. The quantitative estimate of drug-likeness (QED) is 0.120. The SMILES string of the molecule is Cc1ccc(S(=O)(=O)O[C@H]2[C@@H](OCc3ccccc3)[C@H](OCc3ccccc3)[C@@H](COCc3ccccc3)O[C@@H]2CC=O)cc1. The van der Waals surface area contributed by atoms with Crippen LogP contribution in [-0.2, 0) is 57.9 Å². The minimum atomic E-state index is -4.27. The number of hydrogen-bond donors (Lipinski definition) is 0. The molecular weight excluding hydrogens is 592 g/mol. The van der Waals surface area contributed by atoms with Crippen molar-refractivity contribution < 1.29 is 36.3 Å². The van der Waals surface area contributed by atoms with E-state index in [-0.39, 0.29) is 31.1 Å². The topological polar surface area (TPSA) is 97.4 Å². The van der Waals surface area contributed by atoms with Crippen LogP contribution in [0.1, 0.15) is 28.7 Å². The first-order valence-corrected chi connectivity index (χ1v) is 16.4. The first-order chi connectivity index (χ1) is 21.9. The molecule has 1 fully saturated rings. The van der Waals surface area contributed by atoms with E-state index < -0.39 is 40.6 Å². The van der Waals surface area contributed by atoms with Crippen LogP contribution < -0.4 is 0 Å². The molecule has 5 rings (SSSR count). The Kier molecular flexibility index (Phi) is 11.6. The second kappa shape index (κ2) is 16.0. The van der Waals surface area contributed by atoms with E-state index in [0.29, 0.717) is 12.9 Å². The molecule has 0 aliphatic carbocycles. The summed E-state index contributed by atoms with van der Waals surface area (Å²) in [7, 11) is -4.27. The molecule has 0 aromatic heterocycles. The van der Waals surface area contributed by atoms with Gasteiger partial charge in [-0.2, -0.15) is 8.42 Å². The lowest BCUT2D eigenvalue weighted by Gasteiger charge is -2.45. The molecule has 0 radical (unpaired) electrons. The predicted octanol–water partition coefficient (Wildman–Crippen LogP) is 5.81. The van der Waals surface area contributed by atoms with E-state index in [0.717, 1.165) is 22.3 Å². The van der Waals surface area contributed by atoms with E-state index in [1.54, 1.807) is 12.1 Å². The molecule has 1 aliphatic rings. The zero-order valence-corrected chi connectivity index (χ0v) is 26.0. The standard InChI is InChI=1S/C36H38O8S/c1-27-17-19-31(20-18-27)45(38,39)44-35-32(21-22-37)43-33(26-40-23-28-11-5-2-6-12-28)34(41-24-29-13-7-3-8-14-29)36(35)42-25-30-15-9-4-10-16-30/h2-20,22,32-36H,21,23-26H2,1H3/t32-,33-,34-,35-,36+/m1/s1. The number of rotatable bonds is 15. The van der Waals surface area contributed by atoms with E-state index in [2.05, 4.69) is 0 Å². The number of hydrogen-bond acceptors (Lipinski definition) is 8. The molecule has 4 aromatic carbocycles. The average molecular weight is 631 g/mol. The van der Waals surface area contributed by atoms with E-state index in [4.69, 9.17) is 23.1 Å². The Labute approximate surface area is 265 Å². The minimum Gasteiger partial charge on any atom is -0.374 e. The maximum Gasteiger partial charge on any atom is 0.297 e. The summed E-state index contributed by atoms with van der Waals surface area (Å²) in [4.78, 5) is 11.9. The fraction of sp³-hybridized carbons (Fsp3) is 0.306. The Morgan fingerprint density at radius 1 is 0.644 bits per heavy atom. The summed E-state index contributed by atoms with van der Waals surface area (Å²) in [6.07, 6.45) is -3.96. The largest absolute Gasteiger partial charge is 0.374 e. The van der Waals surface area contributed by atoms with Gasteiger partial charge < -0.3 is 23.7 Å². The van der Waals surface area contributed by atoms with Crippen molar-refractivity contribution in [1.29, 1.82) is 0 Å². The molecule has 0 saturated carbocycles. The van der Waals surface area contributed by atoms with Gasteiger partial charge in [-0.3, -0.25) is 4.18 Å². The third-order valence-corrected chi connectivity index (χ3v) is 8.90. The first kappa shape index (κ1) is 32.7. The van der Waals surface area contributed by atoms with E-state index >= 15 is 0 Å². The number of aryl methyl sites for hydroxylation is 1. The molecule has 236 valence electrons. The highest BCUT2D eigenvalue weighted by Gasteiger charge is 2.50. The number of ether oxygens (including phenoxy) is 4. The highest BCUT2D eigenvalue weighted by Crippen LogP contribution is 2.33. The summed E-state index contributed by atoms with van der Waals surface area (Å²) in [5, 5.41) is 0. The van der Waals surface area contributed by atoms with E-state index in [1.807, 2.05) is 97.9 Å². The third-order valence-electron chi connectivity index (χ3n) is 7.57. The van der Waals surface area contributed by atoms with Crippen LogP contribution in [-0.4, -0.2) is 51.8 Å². The number of carbonyl (C=O) groups excluding carboxylic acids is 1. The van der Waals surface area contributed by atoms with Crippen molar-refractivity contribution >= 4 is 16.4 Å². The van der Waals surface area contributed by atoms with Crippen LogP contribution in [0.2, 0.25) is 0 Å². The molecule has 0 amide bonds. The van der Waals surface area contributed by atoms with E-state index in [9.17, 15) is 13.2 Å². The first-order valence-electron chi connectivity index (χ1n) is 14.9. The molecule has 8 nitrogen and oxygen atoms in total. The fourth-order valence-corrected chi connectivity index (χ4v) is 6.33. The van der Waals surface area contributed by atoms with Crippen molar-refractivity contribution in [3.05, 3.63) is 138 Å². The molecule has 5 atom stereocenters. The summed E-state index contributed by atoms with van der Waals surface area (Å²) in [6.45, 7) is 2.69. The fourth-order valence-electron chi connectivity index (χ4n) is 5.22. The lowest BCUT2D eigenvalue weighted by atomic mass is 9.93. The average Bonchev–Trinajstić information content (AvgIpc) is 3.06. The lowest BCUT2D eigenvalue weighted by Crippen LogP contribution is -2.61. The van der Waals surface area contributed by atoms with Crippen LogP contribution >= 0.6 is 0 Å². The highest BCUT2D eigenvalue weighted by molar-refractivity contribution is 7.86. The van der Waals surface area contributed by atoms with Crippen molar-refractivity contribution in [3.63, 3.8) is 0 Å². The van der Waals surface area contributed by atoms with Gasteiger partial charge in [0.15, 0.2) is 0 Å². The smallest absolute Gasteiger partial charge is 0.297 e. The van der Waals surface area contributed by atoms with Gasteiger partial charge in [-0.05, 0) is 35.7 Å². The highest BCUT2D eigenvalue weighted by atomic mass is 32.2. The monoisotopic (exact) mass is 630 g/mol. The summed E-state index contributed by atoms with van der Waals surface area (Å²) in [5.41, 5.74) is 3.70. The Balaban J connectivity index is 1.47. The van der Waals surface area contributed by atoms with Gasteiger partial charge in [0.1, 0.15) is 30.7 Å². The van der Waals surface area contributed by atoms with Gasteiger partial charge in [0.2, 0.25) is 0 Å². The summed E-state index contributed by atoms with van der Waals surface area (Å²) >= 11 is 0. The van der Waals surface area contributed by atoms with Crippen LogP contribution in [0.25, 0.3) is 0 Å². The van der Waals surface area contributed by atoms with E-state index in [1.165, 1.54) is 12.1 Å². The van der Waals surface area contributed by atoms with Gasteiger partial charge in [-0.25, -0.2) is 0 Å². The Morgan fingerprint density at radius 3 is 1.69 bits per heavy atom. The second-order valence-electron chi connectivity index (χ2n) is 11.0. The number of carbonyl (C=O) groups is 1. The molecule has 4 aromatic rings. The summed E-state index contributed by atoms with van der Waals surface area (Å²) < 4.78 is 58.6. The second-order valence-corrected chi connectivity index (χ2v) is 12.5. The van der Waals surface area contributed by atoms with Crippen LogP contribution in [0.15, 0.2) is 120 Å². The van der Waals surface area contributed by atoms with Gasteiger partial charge in [-0.1, -0.05) is 109 Å². The Morgan fingerprint density at radius 2 is 1.16 bits per heavy atom. The van der Waals surface area contributed by atoms with Crippen molar-refractivity contribution in [1.82, 2.24) is 0 Å². The Hall–Kier alpha value is -3.70. The van der Waals surface area contributed by atoms with Crippen molar-refractivity contribution in [2.75, 3.05) is 6.61 Å². The molecule has 1 heterocycles. The molecule has 0 bridgehead atoms. The van der Waals surface area contributed by atoms with Crippen LogP contribution in [0.3, 0.4) is 0 Å². The maximum absolute atomic E-state index is 13.6. The van der Waals surface area contributed by atoms with Gasteiger partial charge in [-0.15, -0.1) is 0 Å². The predicted molar refractivity (Wildman–Crippen MR) is 169 cm³/mol. The summed E-state index contributed by atoms with van der Waals surface area (Å²) in [6, 6.07) is 35.3. The normalized spacial score (nSPS) is 21.8. The van der Waals surface area contributed by atoms with Gasteiger partial charge in [0.05, 0.1) is 37.4 Å². The van der Waals surface area contributed by atoms with Crippen molar-refractivity contribution in [2.45, 2.75) is 68.6 Å². The van der Waals surface area contributed by atoms with Crippen LogP contribution in [0.4, 0.5) is 0 Å². The van der Waals surface area contributed by atoms with Crippen molar-refractivity contribution in [2.24, 2.45) is 0 Å². The zero-order valence-electron chi connectivity index (χ0n) is 25.1. The molecule has 1 aliphatic heterocycles. The zero-order chi connectivity index (χ0) is 31.5. The molecule has 0 spiro atoms. The van der Waals surface area contributed by atoms with Gasteiger partial charge in [0, 0.05) is 6.42 Å². The number of aldehydes is 1. The van der Waals surface area contributed by atoms with Gasteiger partial charge >= 0.3 is 0 Å². The molecule has 9 heteroatoms. The number of benzene rings is 4. The summed E-state index contributed by atoms with van der Waals surface area (Å²) in [5.74, 6) is 0. The molecule has 1 saturated heterocycles. The van der Waals surface area contributed by atoms with Crippen LogP contribution in [0, 0.1) is 6.92 Å². The van der Waals surface area contributed by atoms with Crippen LogP contribution in [0.5, 0.6) is 0 Å². The van der Waals surface area contributed by atoms with Crippen molar-refractivity contribution in [3.8, 4) is 0 Å². The molecule has 0 N–H and O–H groups in total. The molecule has 0 unspecified atom stereocenters. The molecule has 45 heavy (non-hydrogen) atoms. The maximum atomic E-state index is 13.6. The minimum absolute atomic E-state index is 0.00478. The Bertz CT molecular complexity index is 1560. The lowest BCUT2D eigenvalue weighted by molar-refractivity contribution is -0.254. The van der Waals surface area contributed by atoms with Gasteiger partial charge in [0.25, 0.3) is 10.1 Å².